The lowest BCUT2D eigenvalue weighted by Crippen LogP contribution is -2.24. The number of fused-ring (bicyclic) bond motifs is 1. The molecule has 0 aliphatic carbocycles. The van der Waals surface area contributed by atoms with Crippen molar-refractivity contribution in [2.45, 2.75) is 25.9 Å². The minimum atomic E-state index is -0.222. The molecule has 0 amide bonds. The molecule has 2 heterocycles. The zero-order valence-corrected chi connectivity index (χ0v) is 10.2. The monoisotopic (exact) mass is 245 g/mol. The van der Waals surface area contributed by atoms with Crippen LogP contribution in [-0.4, -0.2) is 37.3 Å². The van der Waals surface area contributed by atoms with Gasteiger partial charge in [0.15, 0.2) is 11.5 Å². The van der Waals surface area contributed by atoms with Crippen molar-refractivity contribution in [3.8, 4) is 12.3 Å². The molecule has 0 aliphatic rings. The van der Waals surface area contributed by atoms with Gasteiger partial charge < -0.3 is 15.0 Å². The fourth-order valence-electron chi connectivity index (χ4n) is 1.71. The van der Waals surface area contributed by atoms with Gasteiger partial charge >= 0.3 is 0 Å². The summed E-state index contributed by atoms with van der Waals surface area (Å²) in [5.41, 5.74) is 1.46. The van der Waals surface area contributed by atoms with E-state index >= 15 is 0 Å². The van der Waals surface area contributed by atoms with E-state index in [4.69, 9.17) is 6.42 Å². The Kier molecular flexibility index (Phi) is 3.75. The van der Waals surface area contributed by atoms with Crippen LogP contribution in [0.4, 0.5) is 5.82 Å². The molecule has 18 heavy (non-hydrogen) atoms. The number of nitrogens with zero attached hydrogens (tertiary/aromatic N) is 4. The second-order valence-corrected chi connectivity index (χ2v) is 3.86. The van der Waals surface area contributed by atoms with Crippen LogP contribution in [0.25, 0.3) is 11.2 Å². The number of terminal acetylenes is 1. The molecule has 0 saturated heterocycles. The number of anilines is 1. The van der Waals surface area contributed by atoms with E-state index in [1.54, 1.807) is 6.33 Å². The number of aliphatic hydroxyl groups excluding tert-OH is 1. The Labute approximate surface area is 105 Å². The van der Waals surface area contributed by atoms with Crippen molar-refractivity contribution in [1.82, 2.24) is 19.5 Å². The van der Waals surface area contributed by atoms with E-state index in [1.165, 1.54) is 6.33 Å². The molecule has 0 spiro atoms. The molecule has 2 aromatic rings. The van der Waals surface area contributed by atoms with Gasteiger partial charge in [0.05, 0.1) is 19.0 Å². The van der Waals surface area contributed by atoms with E-state index < -0.39 is 0 Å². The third kappa shape index (κ3) is 2.26. The SMILES string of the molecule is C#CC[C@@H](CO)Nc1ncnc2c1ncn2CC. The molecular weight excluding hydrogens is 230 g/mol. The number of aromatic nitrogens is 4. The van der Waals surface area contributed by atoms with E-state index in [1.807, 2.05) is 11.5 Å². The van der Waals surface area contributed by atoms with Crippen molar-refractivity contribution in [2.24, 2.45) is 0 Å². The summed E-state index contributed by atoms with van der Waals surface area (Å²) in [6.07, 6.45) is 8.87. The fraction of sp³-hybridized carbons (Fsp3) is 0.417. The highest BCUT2D eigenvalue weighted by atomic mass is 16.3. The molecule has 0 unspecified atom stereocenters. The second-order valence-electron chi connectivity index (χ2n) is 3.86. The van der Waals surface area contributed by atoms with Gasteiger partial charge in [0, 0.05) is 13.0 Å². The van der Waals surface area contributed by atoms with E-state index in [9.17, 15) is 5.11 Å². The average molecular weight is 245 g/mol. The molecule has 0 bridgehead atoms. The summed E-state index contributed by atoms with van der Waals surface area (Å²) in [4.78, 5) is 12.6. The van der Waals surface area contributed by atoms with Gasteiger partial charge in [-0.1, -0.05) is 0 Å². The zero-order valence-electron chi connectivity index (χ0n) is 10.2. The van der Waals surface area contributed by atoms with Gasteiger partial charge in [0.1, 0.15) is 11.8 Å². The Morgan fingerprint density at radius 2 is 2.33 bits per heavy atom. The van der Waals surface area contributed by atoms with Crippen molar-refractivity contribution in [3.05, 3.63) is 12.7 Å². The maximum absolute atomic E-state index is 9.21. The Hall–Kier alpha value is -2.13. The number of hydrogen-bond acceptors (Lipinski definition) is 5. The largest absolute Gasteiger partial charge is 0.394 e. The predicted octanol–water partition coefficient (Wildman–Crippen LogP) is 0.642. The zero-order chi connectivity index (χ0) is 13.0. The molecule has 0 fully saturated rings. The second kappa shape index (κ2) is 5.47. The summed E-state index contributed by atoms with van der Waals surface area (Å²) in [6, 6.07) is -0.222. The van der Waals surface area contributed by atoms with Crippen LogP contribution in [0, 0.1) is 12.3 Å². The van der Waals surface area contributed by atoms with E-state index in [2.05, 4.69) is 26.2 Å². The lowest BCUT2D eigenvalue weighted by atomic mass is 10.2. The number of aryl methyl sites for hydroxylation is 1. The van der Waals surface area contributed by atoms with E-state index in [0.717, 1.165) is 12.2 Å². The van der Waals surface area contributed by atoms with Crippen LogP contribution in [-0.2, 0) is 6.54 Å². The van der Waals surface area contributed by atoms with Gasteiger partial charge in [0.25, 0.3) is 0 Å². The molecule has 94 valence electrons. The first kappa shape index (κ1) is 12.3. The molecular formula is C12H15N5O. The quantitative estimate of drug-likeness (QED) is 0.756. The number of aliphatic hydroxyl groups is 1. The average Bonchev–Trinajstić information content (AvgIpc) is 2.82. The normalized spacial score (nSPS) is 12.3. The van der Waals surface area contributed by atoms with Gasteiger partial charge in [-0.15, -0.1) is 12.3 Å². The number of rotatable bonds is 5. The Balaban J connectivity index is 2.34. The summed E-state index contributed by atoms with van der Waals surface area (Å²) in [7, 11) is 0. The molecule has 6 heteroatoms. The van der Waals surface area contributed by atoms with E-state index in [-0.39, 0.29) is 12.6 Å². The van der Waals surface area contributed by atoms with Crippen LogP contribution in [0.5, 0.6) is 0 Å². The Bertz CT molecular complexity index is 571. The Morgan fingerprint density at radius 1 is 1.50 bits per heavy atom. The predicted molar refractivity (Wildman–Crippen MR) is 68.9 cm³/mol. The summed E-state index contributed by atoms with van der Waals surface area (Å²) in [5, 5.41) is 12.3. The fourth-order valence-corrected chi connectivity index (χ4v) is 1.71. The van der Waals surface area contributed by atoms with Crippen molar-refractivity contribution in [1.29, 1.82) is 0 Å². The van der Waals surface area contributed by atoms with Crippen LogP contribution in [0.2, 0.25) is 0 Å². The maximum Gasteiger partial charge on any atom is 0.165 e. The first-order valence-corrected chi connectivity index (χ1v) is 5.76. The van der Waals surface area contributed by atoms with Gasteiger partial charge in [-0.05, 0) is 6.92 Å². The molecule has 0 aliphatic heterocycles. The van der Waals surface area contributed by atoms with Crippen LogP contribution < -0.4 is 5.32 Å². The number of imidazole rings is 1. The summed E-state index contributed by atoms with van der Waals surface area (Å²) >= 11 is 0. The highest BCUT2D eigenvalue weighted by molar-refractivity contribution is 5.82. The third-order valence-electron chi connectivity index (χ3n) is 2.67. The first-order chi connectivity index (χ1) is 8.80. The molecule has 2 aromatic heterocycles. The van der Waals surface area contributed by atoms with E-state index in [0.29, 0.717) is 17.8 Å². The van der Waals surface area contributed by atoms with Crippen LogP contribution in [0.3, 0.4) is 0 Å². The molecule has 2 N–H and O–H groups in total. The first-order valence-electron chi connectivity index (χ1n) is 5.76. The van der Waals surface area contributed by atoms with Gasteiger partial charge in [-0.2, -0.15) is 0 Å². The standard InChI is InChI=1S/C12H15N5O/c1-3-5-9(6-18)16-11-10-12(14-7-13-11)17(4-2)8-15-10/h1,7-9,18H,4-6H2,2H3,(H,13,14,16)/t9-/m0/s1. The summed E-state index contributed by atoms with van der Waals surface area (Å²) < 4.78 is 1.93. The highest BCUT2D eigenvalue weighted by Gasteiger charge is 2.12. The molecule has 0 radical (unpaired) electrons. The number of hydrogen-bond donors (Lipinski definition) is 2. The van der Waals surface area contributed by atoms with Gasteiger partial charge in [-0.3, -0.25) is 0 Å². The highest BCUT2D eigenvalue weighted by Crippen LogP contribution is 2.18. The molecule has 1 atom stereocenters. The van der Waals surface area contributed by atoms with Crippen molar-refractivity contribution >= 4 is 17.0 Å². The third-order valence-corrected chi connectivity index (χ3v) is 2.67. The topological polar surface area (TPSA) is 75.9 Å². The van der Waals surface area contributed by atoms with Crippen LogP contribution >= 0.6 is 0 Å². The molecule has 0 saturated carbocycles. The number of nitrogens with one attached hydrogen (secondary N) is 1. The van der Waals surface area contributed by atoms with Gasteiger partial charge in [0.2, 0.25) is 0 Å². The molecule has 0 aromatic carbocycles. The lowest BCUT2D eigenvalue weighted by Gasteiger charge is -2.14. The van der Waals surface area contributed by atoms with Crippen molar-refractivity contribution < 1.29 is 5.11 Å². The van der Waals surface area contributed by atoms with Crippen molar-refractivity contribution in [3.63, 3.8) is 0 Å². The smallest absolute Gasteiger partial charge is 0.165 e. The van der Waals surface area contributed by atoms with Crippen LogP contribution in [0.15, 0.2) is 12.7 Å². The molecule has 6 nitrogen and oxygen atoms in total. The van der Waals surface area contributed by atoms with Gasteiger partial charge in [-0.25, -0.2) is 15.0 Å². The Morgan fingerprint density at radius 3 is 3.00 bits per heavy atom. The maximum atomic E-state index is 9.21. The summed E-state index contributed by atoms with van der Waals surface area (Å²) in [5.74, 6) is 3.11. The van der Waals surface area contributed by atoms with Crippen LogP contribution in [0.1, 0.15) is 13.3 Å². The minimum absolute atomic E-state index is 0.0514. The molecule has 2 rings (SSSR count). The lowest BCUT2D eigenvalue weighted by molar-refractivity contribution is 0.276. The van der Waals surface area contributed by atoms with Crippen molar-refractivity contribution in [2.75, 3.05) is 11.9 Å². The minimum Gasteiger partial charge on any atom is -0.394 e. The summed E-state index contributed by atoms with van der Waals surface area (Å²) in [6.45, 7) is 2.76.